The number of aliphatic imine (C=N–C) groups is 1. The van der Waals surface area contributed by atoms with Gasteiger partial charge in [-0.3, -0.25) is 4.99 Å². The smallest absolute Gasteiger partial charge is 0.191 e. The summed E-state index contributed by atoms with van der Waals surface area (Å²) in [5, 5.41) is 15.5. The molecule has 0 aliphatic carbocycles. The van der Waals surface area contributed by atoms with Gasteiger partial charge in [0.2, 0.25) is 0 Å². The van der Waals surface area contributed by atoms with Crippen LogP contribution in [-0.4, -0.2) is 31.8 Å². The number of aliphatic hydroxyl groups excluding tert-OH is 1. The van der Waals surface area contributed by atoms with Crippen molar-refractivity contribution in [2.24, 2.45) is 4.99 Å². The summed E-state index contributed by atoms with van der Waals surface area (Å²) in [6, 6.07) is 12.6. The van der Waals surface area contributed by atoms with Crippen LogP contribution in [0.5, 0.6) is 5.75 Å². The second-order valence-corrected chi connectivity index (χ2v) is 5.53. The van der Waals surface area contributed by atoms with E-state index in [1.807, 2.05) is 24.3 Å². The van der Waals surface area contributed by atoms with Crippen LogP contribution in [0.15, 0.2) is 47.5 Å². The lowest BCUT2D eigenvalue weighted by Crippen LogP contribution is -2.37. The van der Waals surface area contributed by atoms with Crippen LogP contribution >= 0.6 is 0 Å². The molecule has 0 fully saturated rings. The summed E-state index contributed by atoms with van der Waals surface area (Å²) >= 11 is 0. The fraction of sp³-hybridized carbons (Fsp3) is 0.316. The molecule has 2 aromatic carbocycles. The zero-order valence-electron chi connectivity index (χ0n) is 14.6. The molecule has 0 aromatic heterocycles. The Balaban J connectivity index is 1.80. The lowest BCUT2D eigenvalue weighted by atomic mass is 10.1. The topological polar surface area (TPSA) is 65.9 Å². The summed E-state index contributed by atoms with van der Waals surface area (Å²) < 4.78 is 18.5. The second kappa shape index (κ2) is 9.64. The number of nitrogens with one attached hydrogen (secondary N) is 2. The van der Waals surface area contributed by atoms with Crippen LogP contribution in [0, 0.1) is 5.82 Å². The largest absolute Gasteiger partial charge is 0.497 e. The molecule has 0 aliphatic rings. The number of rotatable bonds is 7. The van der Waals surface area contributed by atoms with E-state index < -0.39 is 5.82 Å². The van der Waals surface area contributed by atoms with E-state index in [4.69, 9.17) is 9.84 Å². The summed E-state index contributed by atoms with van der Waals surface area (Å²) in [5.41, 5.74) is 2.38. The van der Waals surface area contributed by atoms with Crippen LogP contribution in [-0.2, 0) is 19.6 Å². The molecule has 0 bridgehead atoms. The number of nitrogens with zero attached hydrogens (tertiary/aromatic N) is 1. The third kappa shape index (κ3) is 5.76. The fourth-order valence-electron chi connectivity index (χ4n) is 2.38. The van der Waals surface area contributed by atoms with E-state index >= 15 is 0 Å². The minimum absolute atomic E-state index is 0.293. The molecule has 0 spiro atoms. The number of guanidine groups is 1. The molecule has 134 valence electrons. The van der Waals surface area contributed by atoms with Crippen molar-refractivity contribution < 1.29 is 14.2 Å². The summed E-state index contributed by atoms with van der Waals surface area (Å²) in [7, 11) is 3.35. The van der Waals surface area contributed by atoms with Gasteiger partial charge in [0.15, 0.2) is 5.96 Å². The lowest BCUT2D eigenvalue weighted by molar-refractivity contribution is 0.275. The average Bonchev–Trinajstić information content (AvgIpc) is 2.66. The first kappa shape index (κ1) is 18.7. The van der Waals surface area contributed by atoms with Gasteiger partial charge in [-0.25, -0.2) is 4.39 Å². The molecular weight excluding hydrogens is 321 g/mol. The Labute approximate surface area is 147 Å². The van der Waals surface area contributed by atoms with Gasteiger partial charge in [-0.15, -0.1) is 0 Å². The monoisotopic (exact) mass is 345 g/mol. The van der Waals surface area contributed by atoms with Crippen molar-refractivity contribution in [3.63, 3.8) is 0 Å². The molecule has 3 N–H and O–H groups in total. The molecule has 0 radical (unpaired) electrons. The Bertz CT molecular complexity index is 702. The van der Waals surface area contributed by atoms with Gasteiger partial charge in [0.1, 0.15) is 11.6 Å². The zero-order chi connectivity index (χ0) is 18.1. The van der Waals surface area contributed by atoms with Crippen molar-refractivity contribution >= 4 is 5.96 Å². The molecular formula is C19H24FN3O2. The first-order valence-corrected chi connectivity index (χ1v) is 8.12. The van der Waals surface area contributed by atoms with E-state index in [0.717, 1.165) is 24.3 Å². The van der Waals surface area contributed by atoms with Crippen molar-refractivity contribution in [3.8, 4) is 5.75 Å². The third-order valence-corrected chi connectivity index (χ3v) is 3.83. The van der Waals surface area contributed by atoms with Crippen molar-refractivity contribution in [2.45, 2.75) is 19.6 Å². The highest BCUT2D eigenvalue weighted by Crippen LogP contribution is 2.12. The highest BCUT2D eigenvalue weighted by molar-refractivity contribution is 5.79. The molecule has 25 heavy (non-hydrogen) atoms. The third-order valence-electron chi connectivity index (χ3n) is 3.83. The van der Waals surface area contributed by atoms with Crippen LogP contribution < -0.4 is 15.4 Å². The van der Waals surface area contributed by atoms with Crippen molar-refractivity contribution in [1.82, 2.24) is 10.6 Å². The molecule has 0 saturated heterocycles. The van der Waals surface area contributed by atoms with Crippen molar-refractivity contribution in [1.29, 1.82) is 0 Å². The van der Waals surface area contributed by atoms with Gasteiger partial charge in [-0.05, 0) is 41.8 Å². The maximum Gasteiger partial charge on any atom is 0.191 e. The number of benzene rings is 2. The average molecular weight is 345 g/mol. The lowest BCUT2D eigenvalue weighted by Gasteiger charge is -2.13. The number of hydrogen-bond acceptors (Lipinski definition) is 3. The predicted molar refractivity (Wildman–Crippen MR) is 97.2 cm³/mol. The highest BCUT2D eigenvalue weighted by Gasteiger charge is 2.04. The maximum atomic E-state index is 13.4. The second-order valence-electron chi connectivity index (χ2n) is 5.53. The zero-order valence-corrected chi connectivity index (χ0v) is 14.6. The molecule has 2 rings (SSSR count). The Morgan fingerprint density at radius 3 is 2.48 bits per heavy atom. The van der Waals surface area contributed by atoms with Crippen LogP contribution in [0.2, 0.25) is 0 Å². The SMILES string of the molecule is CN=C(NCCc1ccc(OC)cc1)NCc1ccc(F)c(CO)c1. The van der Waals surface area contributed by atoms with Crippen LogP contribution in [0.4, 0.5) is 4.39 Å². The fourth-order valence-corrected chi connectivity index (χ4v) is 2.38. The van der Waals surface area contributed by atoms with Gasteiger partial charge < -0.3 is 20.5 Å². The molecule has 6 heteroatoms. The van der Waals surface area contributed by atoms with E-state index in [9.17, 15) is 4.39 Å². The molecule has 5 nitrogen and oxygen atoms in total. The molecule has 0 unspecified atom stereocenters. The first-order valence-electron chi connectivity index (χ1n) is 8.12. The van der Waals surface area contributed by atoms with Crippen LogP contribution in [0.1, 0.15) is 16.7 Å². The Morgan fingerprint density at radius 1 is 1.12 bits per heavy atom. The molecule has 0 amide bonds. The minimum atomic E-state index is -0.395. The van der Waals surface area contributed by atoms with Gasteiger partial charge in [0, 0.05) is 25.7 Å². The quantitative estimate of drug-likeness (QED) is 0.532. The Hall–Kier alpha value is -2.60. The standard InChI is InChI=1S/C19H24FN3O2/c1-21-19(22-10-9-14-3-6-17(25-2)7-4-14)23-12-15-5-8-18(20)16(11-15)13-24/h3-8,11,24H,9-10,12-13H2,1-2H3,(H2,21,22,23). The van der Waals surface area contributed by atoms with E-state index in [0.29, 0.717) is 18.1 Å². The van der Waals surface area contributed by atoms with Crippen molar-refractivity contribution in [2.75, 3.05) is 20.7 Å². The summed E-state index contributed by atoms with van der Waals surface area (Å²) in [6.45, 7) is 0.918. The van der Waals surface area contributed by atoms with E-state index in [-0.39, 0.29) is 6.61 Å². The Kier molecular flexibility index (Phi) is 7.22. The Morgan fingerprint density at radius 2 is 1.84 bits per heavy atom. The molecule has 0 heterocycles. The van der Waals surface area contributed by atoms with E-state index in [2.05, 4.69) is 15.6 Å². The predicted octanol–water partition coefficient (Wildman–Crippen LogP) is 2.23. The maximum absolute atomic E-state index is 13.4. The van der Waals surface area contributed by atoms with Gasteiger partial charge in [-0.2, -0.15) is 0 Å². The number of ether oxygens (including phenoxy) is 1. The number of halogens is 1. The van der Waals surface area contributed by atoms with Gasteiger partial charge in [-0.1, -0.05) is 18.2 Å². The minimum Gasteiger partial charge on any atom is -0.497 e. The van der Waals surface area contributed by atoms with Gasteiger partial charge in [0.25, 0.3) is 0 Å². The van der Waals surface area contributed by atoms with E-state index in [1.54, 1.807) is 26.3 Å². The number of hydrogen-bond donors (Lipinski definition) is 3. The normalized spacial score (nSPS) is 11.3. The summed E-state index contributed by atoms with van der Waals surface area (Å²) in [5.74, 6) is 1.12. The summed E-state index contributed by atoms with van der Waals surface area (Å²) in [4.78, 5) is 4.17. The molecule has 0 saturated carbocycles. The van der Waals surface area contributed by atoms with Gasteiger partial charge in [0.05, 0.1) is 13.7 Å². The molecule has 0 atom stereocenters. The molecule has 2 aromatic rings. The number of aliphatic hydroxyl groups is 1. The molecule has 0 aliphatic heterocycles. The summed E-state index contributed by atoms with van der Waals surface area (Å²) in [6.07, 6.45) is 0.857. The first-order chi connectivity index (χ1) is 12.2. The van der Waals surface area contributed by atoms with Crippen LogP contribution in [0.3, 0.4) is 0 Å². The van der Waals surface area contributed by atoms with Crippen LogP contribution in [0.25, 0.3) is 0 Å². The number of methoxy groups -OCH3 is 1. The van der Waals surface area contributed by atoms with Crippen molar-refractivity contribution in [3.05, 3.63) is 65.0 Å². The van der Waals surface area contributed by atoms with E-state index in [1.165, 1.54) is 11.6 Å². The van der Waals surface area contributed by atoms with Gasteiger partial charge >= 0.3 is 0 Å². The highest BCUT2D eigenvalue weighted by atomic mass is 19.1.